The van der Waals surface area contributed by atoms with Crippen LogP contribution in [0, 0.1) is 6.92 Å². The Bertz CT molecular complexity index is 1290. The van der Waals surface area contributed by atoms with Gasteiger partial charge in [-0.15, -0.1) is 10.2 Å². The van der Waals surface area contributed by atoms with Crippen LogP contribution in [0.1, 0.15) is 34.8 Å². The lowest BCUT2D eigenvalue weighted by Crippen LogP contribution is -2.33. The molecule has 8 heteroatoms. The van der Waals surface area contributed by atoms with Gasteiger partial charge in [0.1, 0.15) is 0 Å². The summed E-state index contributed by atoms with van der Waals surface area (Å²) in [6.45, 7) is 4.62. The predicted molar refractivity (Wildman–Crippen MR) is 130 cm³/mol. The van der Waals surface area contributed by atoms with Crippen molar-refractivity contribution in [1.82, 2.24) is 20.1 Å². The van der Waals surface area contributed by atoms with Crippen LogP contribution >= 0.6 is 0 Å². The van der Waals surface area contributed by atoms with E-state index < -0.39 is 0 Å². The number of ether oxygens (including phenoxy) is 1. The maximum Gasteiger partial charge on any atom is 0.307 e. The average Bonchev–Trinajstić information content (AvgIpc) is 3.38. The molecule has 2 aromatic carbocycles. The van der Waals surface area contributed by atoms with Gasteiger partial charge in [-0.05, 0) is 61.9 Å². The third kappa shape index (κ3) is 6.17. The van der Waals surface area contributed by atoms with E-state index in [1.807, 2.05) is 43.3 Å². The van der Waals surface area contributed by atoms with E-state index in [-0.39, 0.29) is 24.8 Å². The first-order valence-corrected chi connectivity index (χ1v) is 11.4. The van der Waals surface area contributed by atoms with Gasteiger partial charge >= 0.3 is 5.97 Å². The molecule has 178 valence electrons. The van der Waals surface area contributed by atoms with Crippen molar-refractivity contribution in [3.05, 3.63) is 89.7 Å². The van der Waals surface area contributed by atoms with Crippen molar-refractivity contribution in [2.75, 3.05) is 13.2 Å². The third-order valence-corrected chi connectivity index (χ3v) is 5.34. The molecule has 4 aromatic rings. The molecule has 0 fully saturated rings. The largest absolute Gasteiger partial charge is 0.466 e. The van der Waals surface area contributed by atoms with Crippen molar-refractivity contribution in [1.29, 1.82) is 0 Å². The Morgan fingerprint density at radius 1 is 0.971 bits per heavy atom. The summed E-state index contributed by atoms with van der Waals surface area (Å²) in [5.74, 6) is 0.267. The van der Waals surface area contributed by atoms with Crippen LogP contribution in [-0.4, -0.2) is 45.1 Å². The molecule has 0 saturated carbocycles. The zero-order valence-corrected chi connectivity index (χ0v) is 19.7. The normalized spacial score (nSPS) is 10.7. The SMILES string of the molecule is CCOC(=O)CCN(Cc1cccnc1)C(=O)c1ccc(-c2nnc(-c3cccc(C)c3)o2)cc1. The van der Waals surface area contributed by atoms with Gasteiger partial charge in [0.05, 0.1) is 13.0 Å². The first-order valence-electron chi connectivity index (χ1n) is 11.4. The second-order valence-electron chi connectivity index (χ2n) is 8.00. The molecule has 0 radical (unpaired) electrons. The first-order chi connectivity index (χ1) is 17.0. The van der Waals surface area contributed by atoms with Gasteiger partial charge in [-0.3, -0.25) is 14.6 Å². The Morgan fingerprint density at radius 2 is 1.74 bits per heavy atom. The van der Waals surface area contributed by atoms with Gasteiger partial charge in [-0.1, -0.05) is 23.8 Å². The number of carbonyl (C=O) groups is 2. The van der Waals surface area contributed by atoms with Crippen molar-refractivity contribution in [2.45, 2.75) is 26.8 Å². The molecule has 0 aliphatic carbocycles. The molecule has 8 nitrogen and oxygen atoms in total. The number of hydrogen-bond acceptors (Lipinski definition) is 7. The highest BCUT2D eigenvalue weighted by Gasteiger charge is 2.19. The fourth-order valence-corrected chi connectivity index (χ4v) is 3.60. The van der Waals surface area contributed by atoms with Crippen LogP contribution in [0.3, 0.4) is 0 Å². The van der Waals surface area contributed by atoms with Crippen molar-refractivity contribution in [3.8, 4) is 22.9 Å². The van der Waals surface area contributed by atoms with Crippen molar-refractivity contribution in [2.24, 2.45) is 0 Å². The Kier molecular flexibility index (Phi) is 7.62. The van der Waals surface area contributed by atoms with Gasteiger partial charge in [0.15, 0.2) is 0 Å². The van der Waals surface area contributed by atoms with Gasteiger partial charge in [0, 0.05) is 42.2 Å². The number of esters is 1. The lowest BCUT2D eigenvalue weighted by atomic mass is 10.1. The summed E-state index contributed by atoms with van der Waals surface area (Å²) >= 11 is 0. The summed E-state index contributed by atoms with van der Waals surface area (Å²) in [5.41, 5.74) is 4.01. The lowest BCUT2D eigenvalue weighted by Gasteiger charge is -2.22. The number of pyridine rings is 1. The Morgan fingerprint density at radius 3 is 2.43 bits per heavy atom. The second kappa shape index (κ2) is 11.2. The predicted octanol–water partition coefficient (Wildman–Crippen LogP) is 4.70. The molecular weight excluding hydrogens is 444 g/mol. The molecule has 1 amide bonds. The van der Waals surface area contributed by atoms with E-state index in [9.17, 15) is 9.59 Å². The Balaban J connectivity index is 1.50. The highest BCUT2D eigenvalue weighted by atomic mass is 16.5. The van der Waals surface area contributed by atoms with Gasteiger partial charge in [0.25, 0.3) is 5.91 Å². The number of amides is 1. The van der Waals surface area contributed by atoms with Crippen LogP contribution in [0.4, 0.5) is 0 Å². The van der Waals surface area contributed by atoms with Crippen LogP contribution < -0.4 is 0 Å². The number of hydrogen-bond donors (Lipinski definition) is 0. The summed E-state index contributed by atoms with van der Waals surface area (Å²) in [7, 11) is 0. The van der Waals surface area contributed by atoms with Crippen LogP contribution in [0.2, 0.25) is 0 Å². The topological polar surface area (TPSA) is 98.4 Å². The van der Waals surface area contributed by atoms with Crippen molar-refractivity contribution < 1.29 is 18.7 Å². The molecule has 2 heterocycles. The molecule has 0 N–H and O–H groups in total. The summed E-state index contributed by atoms with van der Waals surface area (Å²) in [4.78, 5) is 30.9. The molecule has 0 unspecified atom stereocenters. The van der Waals surface area contributed by atoms with E-state index in [1.54, 1.807) is 48.5 Å². The molecule has 35 heavy (non-hydrogen) atoms. The maximum atomic E-state index is 13.3. The third-order valence-electron chi connectivity index (χ3n) is 5.34. The van der Waals surface area contributed by atoms with E-state index in [4.69, 9.17) is 9.15 Å². The van der Waals surface area contributed by atoms with E-state index in [1.165, 1.54) is 0 Å². The summed E-state index contributed by atoms with van der Waals surface area (Å²) in [5, 5.41) is 8.30. The molecule has 0 aliphatic rings. The highest BCUT2D eigenvalue weighted by molar-refractivity contribution is 5.94. The second-order valence-corrected chi connectivity index (χ2v) is 8.00. The van der Waals surface area contributed by atoms with E-state index in [0.29, 0.717) is 36.1 Å². The lowest BCUT2D eigenvalue weighted by molar-refractivity contribution is -0.143. The average molecular weight is 471 g/mol. The van der Waals surface area contributed by atoms with E-state index in [0.717, 1.165) is 16.7 Å². The summed E-state index contributed by atoms with van der Waals surface area (Å²) in [6.07, 6.45) is 3.49. The number of aryl methyl sites for hydroxylation is 1. The highest BCUT2D eigenvalue weighted by Crippen LogP contribution is 2.25. The smallest absolute Gasteiger partial charge is 0.307 e. The number of nitrogens with zero attached hydrogens (tertiary/aromatic N) is 4. The minimum absolute atomic E-state index is 0.113. The monoisotopic (exact) mass is 470 g/mol. The zero-order chi connectivity index (χ0) is 24.6. The fourth-order valence-electron chi connectivity index (χ4n) is 3.60. The summed E-state index contributed by atoms with van der Waals surface area (Å²) in [6, 6.07) is 18.5. The van der Waals surface area contributed by atoms with Crippen LogP contribution in [-0.2, 0) is 16.1 Å². The molecule has 0 bridgehead atoms. The molecule has 0 aliphatic heterocycles. The first kappa shape index (κ1) is 23.8. The number of benzene rings is 2. The van der Waals surface area contributed by atoms with Gasteiger partial charge < -0.3 is 14.1 Å². The number of carbonyl (C=O) groups excluding carboxylic acids is 2. The van der Waals surface area contributed by atoms with E-state index in [2.05, 4.69) is 15.2 Å². The minimum atomic E-state index is -0.340. The molecule has 4 rings (SSSR count). The van der Waals surface area contributed by atoms with Gasteiger partial charge in [-0.2, -0.15) is 0 Å². The number of rotatable bonds is 9. The van der Waals surface area contributed by atoms with Gasteiger partial charge in [0.2, 0.25) is 11.8 Å². The Labute approximate surface area is 203 Å². The van der Waals surface area contributed by atoms with Crippen LogP contribution in [0.5, 0.6) is 0 Å². The minimum Gasteiger partial charge on any atom is -0.466 e. The standard InChI is InChI=1S/C27H26N4O4/c1-3-34-24(32)13-15-31(18-20-7-5-14-28-17-20)27(33)22-11-9-21(10-12-22)25-29-30-26(35-25)23-8-4-6-19(2)16-23/h4-12,14,16-17H,3,13,15,18H2,1-2H3. The molecule has 0 saturated heterocycles. The van der Waals surface area contributed by atoms with Gasteiger partial charge in [-0.25, -0.2) is 0 Å². The van der Waals surface area contributed by atoms with Crippen LogP contribution in [0.15, 0.2) is 77.5 Å². The fraction of sp³-hybridized carbons (Fsp3) is 0.222. The Hall–Kier alpha value is -4.33. The van der Waals surface area contributed by atoms with E-state index >= 15 is 0 Å². The molecular formula is C27H26N4O4. The van der Waals surface area contributed by atoms with Crippen molar-refractivity contribution in [3.63, 3.8) is 0 Å². The zero-order valence-electron chi connectivity index (χ0n) is 19.7. The number of aromatic nitrogens is 3. The van der Waals surface area contributed by atoms with Crippen molar-refractivity contribution >= 4 is 11.9 Å². The van der Waals surface area contributed by atoms with Crippen LogP contribution in [0.25, 0.3) is 22.9 Å². The summed E-state index contributed by atoms with van der Waals surface area (Å²) < 4.78 is 10.9. The quantitative estimate of drug-likeness (QED) is 0.327. The molecule has 0 spiro atoms. The molecule has 0 atom stereocenters. The molecule has 2 aromatic heterocycles. The maximum absolute atomic E-state index is 13.3.